The van der Waals surface area contributed by atoms with Gasteiger partial charge in [0.25, 0.3) is 0 Å². The molecule has 1 aliphatic carbocycles. The highest BCUT2D eigenvalue weighted by Crippen LogP contribution is 2.52. The third-order valence-corrected chi connectivity index (χ3v) is 11.0. The van der Waals surface area contributed by atoms with Crippen LogP contribution >= 0.6 is 22.6 Å². The summed E-state index contributed by atoms with van der Waals surface area (Å²) in [4.78, 5) is 32.5. The van der Waals surface area contributed by atoms with Crippen LogP contribution in [-0.2, 0) is 20.8 Å². The van der Waals surface area contributed by atoms with Crippen molar-refractivity contribution >= 4 is 41.5 Å². The van der Waals surface area contributed by atoms with Gasteiger partial charge in [0.1, 0.15) is 12.4 Å². The maximum atomic E-state index is 14.4. The van der Waals surface area contributed by atoms with E-state index in [0.717, 1.165) is 43.6 Å². The first-order valence-corrected chi connectivity index (χ1v) is 17.3. The summed E-state index contributed by atoms with van der Waals surface area (Å²) in [6.45, 7) is 2.66. The second-order valence-corrected chi connectivity index (χ2v) is 14.1. The molecule has 3 aromatic carbocycles. The maximum absolute atomic E-state index is 14.4. The van der Waals surface area contributed by atoms with Gasteiger partial charge in [0.2, 0.25) is 11.8 Å². The topological polar surface area (TPSA) is 109 Å². The summed E-state index contributed by atoms with van der Waals surface area (Å²) >= 11 is 2.04. The fraction of sp³-hybridized carbons (Fsp3) is 0.389. The molecule has 3 heterocycles. The molecule has 4 aliphatic rings. The lowest BCUT2D eigenvalue weighted by Gasteiger charge is -2.42. The number of benzene rings is 3. The molecule has 3 fully saturated rings. The highest BCUT2D eigenvalue weighted by Gasteiger charge is 2.59. The normalized spacial score (nSPS) is 25.2. The Labute approximate surface area is 288 Å². The molecule has 4 atom stereocenters. The van der Waals surface area contributed by atoms with Crippen LogP contribution < -0.4 is 9.47 Å². The molecule has 0 saturated carbocycles. The number of amides is 2. The van der Waals surface area contributed by atoms with Gasteiger partial charge in [-0.05, 0) is 101 Å². The van der Waals surface area contributed by atoms with Gasteiger partial charge < -0.3 is 24.3 Å². The van der Waals surface area contributed by atoms with Crippen LogP contribution in [0.2, 0.25) is 0 Å². The van der Waals surface area contributed by atoms with Gasteiger partial charge in [0.05, 0.1) is 28.6 Å². The summed E-state index contributed by atoms with van der Waals surface area (Å²) in [5, 5.41) is 22.0. The molecule has 9 nitrogen and oxygen atoms in total. The monoisotopic (exact) mass is 748 g/mol. The summed E-state index contributed by atoms with van der Waals surface area (Å²) in [6.07, 6.45) is 1.63. The zero-order valence-corrected chi connectivity index (χ0v) is 28.4. The molecule has 0 spiro atoms. The number of hydrogen-bond donors (Lipinski definition) is 2. The van der Waals surface area contributed by atoms with Crippen molar-refractivity contribution < 1.29 is 33.8 Å². The third-order valence-electron chi connectivity index (χ3n) is 10.2. The Bertz CT molecular complexity index is 1660. The van der Waals surface area contributed by atoms with E-state index in [4.69, 9.17) is 14.1 Å². The van der Waals surface area contributed by atoms with Crippen molar-refractivity contribution in [3.8, 4) is 17.2 Å². The van der Waals surface area contributed by atoms with Crippen LogP contribution in [0.5, 0.6) is 17.2 Å². The summed E-state index contributed by atoms with van der Waals surface area (Å²) < 4.78 is 18.3. The number of rotatable bonds is 8. The van der Waals surface area contributed by atoms with Crippen LogP contribution in [0.25, 0.3) is 0 Å². The zero-order chi connectivity index (χ0) is 32.7. The molecule has 3 saturated heterocycles. The molecular formula is C36H38BIN2O7. The molecule has 11 heteroatoms. The number of nitrogens with zero attached hydrogens (tertiary/aromatic N) is 2. The smallest absolute Gasteiger partial charge is 0.487 e. The highest BCUT2D eigenvalue weighted by molar-refractivity contribution is 14.1. The number of phenolic OH excluding ortho intramolecular Hbond substituents is 1. The highest BCUT2D eigenvalue weighted by atomic mass is 127. The first-order valence-electron chi connectivity index (χ1n) is 16.2. The van der Waals surface area contributed by atoms with Crippen molar-refractivity contribution in [2.45, 2.75) is 44.4 Å². The molecule has 3 aliphatic heterocycles. The number of methoxy groups -OCH3 is 1. The van der Waals surface area contributed by atoms with Crippen molar-refractivity contribution in [2.75, 3.05) is 26.8 Å². The molecule has 2 N–H and O–H groups in total. The summed E-state index contributed by atoms with van der Waals surface area (Å²) in [7, 11) is 0.213. The SMILES string of the molecule is COc1cc([C@@H]2C[C@@H]3C(=C(COc4ccccc4)C[C@@H]4C(=O)N(C5CCN(Cc6ccccc6)CC5)C(=O)[C@@H]43)B(O)O2)cc(I)c1O. The minimum atomic E-state index is -1.27. The Morgan fingerprint density at radius 2 is 1.68 bits per heavy atom. The van der Waals surface area contributed by atoms with Crippen LogP contribution in [0, 0.1) is 21.3 Å². The molecule has 0 aromatic heterocycles. The Kier molecular flexibility index (Phi) is 9.32. The van der Waals surface area contributed by atoms with Gasteiger partial charge in [0.15, 0.2) is 11.5 Å². The van der Waals surface area contributed by atoms with Gasteiger partial charge >= 0.3 is 7.12 Å². The Hall–Kier alpha value is -3.39. The van der Waals surface area contributed by atoms with E-state index in [2.05, 4.69) is 17.0 Å². The Morgan fingerprint density at radius 1 is 0.979 bits per heavy atom. The van der Waals surface area contributed by atoms with Gasteiger partial charge in [-0.2, -0.15) is 0 Å². The van der Waals surface area contributed by atoms with E-state index in [-0.39, 0.29) is 30.2 Å². The standard InChI is InChI=1S/C36H38BIN2O7/c1-45-31-18-23(17-29(38)34(31)41)30-19-27-32-28(16-24(33(27)37(44)47-30)21-46-26-10-6-3-7-11-26)35(42)40(36(32)43)25-12-14-39(15-13-25)20-22-8-4-2-5-9-22/h2-11,17-18,25,27-28,30,32,41,44H,12-16,19-21H2,1H3/t27-,28-,30-,32+/m0/s1. The predicted octanol–water partition coefficient (Wildman–Crippen LogP) is 5.15. The van der Waals surface area contributed by atoms with Crippen molar-refractivity contribution in [2.24, 2.45) is 17.8 Å². The van der Waals surface area contributed by atoms with Crippen LogP contribution in [0.3, 0.4) is 0 Å². The molecule has 244 valence electrons. The number of ether oxygens (including phenoxy) is 2. The van der Waals surface area contributed by atoms with Crippen LogP contribution in [-0.4, -0.2) is 71.7 Å². The largest absolute Gasteiger partial charge is 0.504 e. The molecule has 47 heavy (non-hydrogen) atoms. The third kappa shape index (κ3) is 6.30. The number of piperidine rings is 1. The average Bonchev–Trinajstić information content (AvgIpc) is 3.34. The first-order chi connectivity index (χ1) is 22.8. The van der Waals surface area contributed by atoms with E-state index in [1.165, 1.54) is 12.7 Å². The van der Waals surface area contributed by atoms with E-state index in [1.807, 2.05) is 71.1 Å². The number of likely N-dealkylation sites (tertiary alicyclic amines) is 2. The number of halogens is 1. The molecule has 2 amide bonds. The predicted molar refractivity (Wildman–Crippen MR) is 184 cm³/mol. The van der Waals surface area contributed by atoms with Gasteiger partial charge in [0, 0.05) is 25.7 Å². The molecule has 0 radical (unpaired) electrons. The number of carbonyl (C=O) groups is 2. The number of aromatic hydroxyl groups is 1. The summed E-state index contributed by atoms with van der Waals surface area (Å²) in [5.41, 5.74) is 3.44. The molecule has 0 bridgehead atoms. The fourth-order valence-electron chi connectivity index (χ4n) is 7.94. The van der Waals surface area contributed by atoms with Crippen molar-refractivity contribution in [3.63, 3.8) is 0 Å². The first kappa shape index (κ1) is 32.2. The Balaban J connectivity index is 1.16. The lowest BCUT2D eigenvalue weighted by molar-refractivity contribution is -0.144. The zero-order valence-electron chi connectivity index (χ0n) is 26.3. The number of fused-ring (bicyclic) bond motifs is 3. The van der Waals surface area contributed by atoms with Crippen LogP contribution in [0.15, 0.2) is 83.8 Å². The molecule has 7 rings (SSSR count). The quantitative estimate of drug-likeness (QED) is 0.185. The number of phenols is 1. The van der Waals surface area contributed by atoms with Gasteiger partial charge in [-0.3, -0.25) is 19.4 Å². The van der Waals surface area contributed by atoms with Gasteiger partial charge in [-0.25, -0.2) is 0 Å². The van der Waals surface area contributed by atoms with E-state index in [0.29, 0.717) is 33.4 Å². The van der Waals surface area contributed by atoms with E-state index in [1.54, 1.807) is 17.0 Å². The maximum Gasteiger partial charge on any atom is 0.487 e. The van der Waals surface area contributed by atoms with Gasteiger partial charge in [-0.1, -0.05) is 48.5 Å². The number of carbonyl (C=O) groups excluding carboxylic acids is 2. The van der Waals surface area contributed by atoms with Gasteiger partial charge in [-0.15, -0.1) is 0 Å². The average molecular weight is 748 g/mol. The van der Waals surface area contributed by atoms with Crippen LogP contribution in [0.4, 0.5) is 0 Å². The second-order valence-electron chi connectivity index (χ2n) is 12.9. The van der Waals surface area contributed by atoms with Crippen LogP contribution in [0.1, 0.15) is 42.9 Å². The second kappa shape index (κ2) is 13.6. The lowest BCUT2D eigenvalue weighted by Crippen LogP contribution is -2.48. The Morgan fingerprint density at radius 3 is 2.38 bits per heavy atom. The minimum absolute atomic E-state index is 0.0360. The minimum Gasteiger partial charge on any atom is -0.504 e. The van der Waals surface area contributed by atoms with Crippen molar-refractivity contribution in [1.82, 2.24) is 9.80 Å². The van der Waals surface area contributed by atoms with Crippen molar-refractivity contribution in [1.29, 1.82) is 0 Å². The molecular weight excluding hydrogens is 710 g/mol. The number of para-hydroxylation sites is 1. The van der Waals surface area contributed by atoms with E-state index in [9.17, 15) is 19.7 Å². The lowest BCUT2D eigenvalue weighted by atomic mass is 9.55. The molecule has 0 unspecified atom stereocenters. The summed E-state index contributed by atoms with van der Waals surface area (Å²) in [6, 6.07) is 23.2. The number of allylic oxidation sites excluding steroid dienone is 1. The van der Waals surface area contributed by atoms with E-state index >= 15 is 0 Å². The number of imide groups is 1. The molecule has 3 aromatic rings. The fourth-order valence-corrected chi connectivity index (χ4v) is 8.57. The summed E-state index contributed by atoms with van der Waals surface area (Å²) in [5.74, 6) is -0.738. The number of hydrogen-bond acceptors (Lipinski definition) is 8. The van der Waals surface area contributed by atoms with E-state index < -0.39 is 31.0 Å². The van der Waals surface area contributed by atoms with Crippen molar-refractivity contribution in [3.05, 3.63) is 98.5 Å².